The molecule has 0 saturated carbocycles. The van der Waals surface area contributed by atoms with E-state index in [0.717, 1.165) is 38.8 Å². The van der Waals surface area contributed by atoms with Gasteiger partial charge in [-0.2, -0.15) is 0 Å². The van der Waals surface area contributed by atoms with Crippen molar-refractivity contribution < 1.29 is 9.53 Å². The van der Waals surface area contributed by atoms with Crippen LogP contribution in [0.3, 0.4) is 0 Å². The van der Waals surface area contributed by atoms with Gasteiger partial charge in [-0.15, -0.1) is 0 Å². The van der Waals surface area contributed by atoms with Crippen molar-refractivity contribution in [2.75, 3.05) is 26.2 Å². The van der Waals surface area contributed by atoms with Crippen molar-refractivity contribution in [1.29, 1.82) is 0 Å². The molecule has 2 amide bonds. The van der Waals surface area contributed by atoms with Gasteiger partial charge in [0.15, 0.2) is 0 Å². The quantitative estimate of drug-likeness (QED) is 0.862. The van der Waals surface area contributed by atoms with Crippen LogP contribution in [0, 0.1) is 0 Å². The van der Waals surface area contributed by atoms with Gasteiger partial charge in [-0.25, -0.2) is 4.79 Å². The van der Waals surface area contributed by atoms with Gasteiger partial charge in [0.2, 0.25) is 0 Å². The third-order valence-corrected chi connectivity index (χ3v) is 5.25. The predicted octanol–water partition coefficient (Wildman–Crippen LogP) is 3.08. The van der Waals surface area contributed by atoms with Gasteiger partial charge in [0.1, 0.15) is 0 Å². The fourth-order valence-corrected chi connectivity index (χ4v) is 3.86. The van der Waals surface area contributed by atoms with E-state index in [2.05, 4.69) is 34.6 Å². The van der Waals surface area contributed by atoms with Crippen LogP contribution in [0.2, 0.25) is 0 Å². The zero-order valence-electron chi connectivity index (χ0n) is 15.2. The molecule has 2 atom stereocenters. The molecule has 0 bridgehead atoms. The van der Waals surface area contributed by atoms with E-state index in [9.17, 15) is 4.79 Å². The molecule has 2 aliphatic heterocycles. The Hall–Kier alpha value is -1.59. The maximum Gasteiger partial charge on any atom is 0.315 e. The number of piperidine rings is 1. The maximum atomic E-state index is 12.4. The summed E-state index contributed by atoms with van der Waals surface area (Å²) in [6.45, 7) is 6.26. The number of hydrogen-bond acceptors (Lipinski definition) is 3. The SMILES string of the molecule is CCCN1CCC(NC(=O)N[C@H]2CCO[C@@H](c3ccccc3)C2)CC1. The molecule has 0 radical (unpaired) electrons. The van der Waals surface area contributed by atoms with Crippen molar-refractivity contribution >= 4 is 6.03 Å². The average Bonchev–Trinajstić information content (AvgIpc) is 2.64. The highest BCUT2D eigenvalue weighted by atomic mass is 16.5. The lowest BCUT2D eigenvalue weighted by Crippen LogP contribution is -2.51. The number of rotatable bonds is 5. The lowest BCUT2D eigenvalue weighted by molar-refractivity contribution is 0.00217. The fraction of sp³-hybridized carbons (Fsp3) is 0.650. The Morgan fingerprint density at radius 1 is 1.12 bits per heavy atom. The largest absolute Gasteiger partial charge is 0.373 e. The summed E-state index contributed by atoms with van der Waals surface area (Å²) in [5.41, 5.74) is 1.19. The van der Waals surface area contributed by atoms with Crippen molar-refractivity contribution in [3.8, 4) is 0 Å². The summed E-state index contributed by atoms with van der Waals surface area (Å²) in [6.07, 6.45) is 5.10. The molecule has 25 heavy (non-hydrogen) atoms. The van der Waals surface area contributed by atoms with Gasteiger partial charge >= 0.3 is 6.03 Å². The molecule has 2 N–H and O–H groups in total. The Bertz CT molecular complexity index is 529. The van der Waals surface area contributed by atoms with Crippen molar-refractivity contribution in [1.82, 2.24) is 15.5 Å². The normalized spacial score (nSPS) is 25.5. The Kier molecular flexibility index (Phi) is 6.70. The molecule has 3 rings (SSSR count). The van der Waals surface area contributed by atoms with Crippen LogP contribution in [-0.2, 0) is 4.74 Å². The van der Waals surface area contributed by atoms with Crippen LogP contribution in [0.5, 0.6) is 0 Å². The van der Waals surface area contributed by atoms with Gasteiger partial charge in [-0.3, -0.25) is 0 Å². The van der Waals surface area contributed by atoms with Crippen molar-refractivity contribution in [3.63, 3.8) is 0 Å². The summed E-state index contributed by atoms with van der Waals surface area (Å²) in [5.74, 6) is 0. The van der Waals surface area contributed by atoms with Crippen LogP contribution < -0.4 is 10.6 Å². The number of ether oxygens (including phenoxy) is 1. The van der Waals surface area contributed by atoms with Crippen LogP contribution in [0.1, 0.15) is 50.7 Å². The number of urea groups is 1. The van der Waals surface area contributed by atoms with Crippen LogP contribution in [0.25, 0.3) is 0 Å². The van der Waals surface area contributed by atoms with Gasteiger partial charge < -0.3 is 20.3 Å². The molecule has 1 aromatic rings. The van der Waals surface area contributed by atoms with Gasteiger partial charge in [0.25, 0.3) is 0 Å². The predicted molar refractivity (Wildman–Crippen MR) is 99.6 cm³/mol. The van der Waals surface area contributed by atoms with E-state index in [1.165, 1.54) is 18.5 Å². The van der Waals surface area contributed by atoms with Crippen molar-refractivity contribution in [2.24, 2.45) is 0 Å². The van der Waals surface area contributed by atoms with E-state index in [1.54, 1.807) is 0 Å². The highest BCUT2D eigenvalue weighted by Gasteiger charge is 2.26. The van der Waals surface area contributed by atoms with E-state index < -0.39 is 0 Å². The second-order valence-corrected chi connectivity index (χ2v) is 7.23. The lowest BCUT2D eigenvalue weighted by Gasteiger charge is -2.33. The Balaban J connectivity index is 1.42. The minimum atomic E-state index is -0.0207. The zero-order chi connectivity index (χ0) is 17.5. The summed E-state index contributed by atoms with van der Waals surface area (Å²) in [6, 6.07) is 10.7. The molecule has 0 aliphatic carbocycles. The van der Waals surface area contributed by atoms with Crippen LogP contribution in [0.4, 0.5) is 4.79 Å². The molecular formula is C20H31N3O2. The number of carbonyl (C=O) groups excluding carboxylic acids is 1. The second kappa shape index (κ2) is 9.20. The summed E-state index contributed by atoms with van der Waals surface area (Å²) >= 11 is 0. The molecule has 0 unspecified atom stereocenters. The van der Waals surface area contributed by atoms with Crippen LogP contribution >= 0.6 is 0 Å². The van der Waals surface area contributed by atoms with Gasteiger partial charge in [0.05, 0.1) is 6.10 Å². The molecule has 5 heteroatoms. The first-order chi connectivity index (χ1) is 12.2. The van der Waals surface area contributed by atoms with Crippen LogP contribution in [-0.4, -0.2) is 49.3 Å². The van der Waals surface area contributed by atoms with Crippen molar-refractivity contribution in [2.45, 2.75) is 57.2 Å². The number of carbonyl (C=O) groups is 1. The first-order valence-electron chi connectivity index (χ1n) is 9.70. The molecule has 2 aliphatic rings. The molecule has 5 nitrogen and oxygen atoms in total. The lowest BCUT2D eigenvalue weighted by atomic mass is 9.97. The minimum absolute atomic E-state index is 0.0207. The highest BCUT2D eigenvalue weighted by molar-refractivity contribution is 5.74. The molecule has 2 saturated heterocycles. The summed E-state index contributed by atoms with van der Waals surface area (Å²) in [7, 11) is 0. The molecule has 0 spiro atoms. The van der Waals surface area contributed by atoms with Crippen molar-refractivity contribution in [3.05, 3.63) is 35.9 Å². The third-order valence-electron chi connectivity index (χ3n) is 5.25. The Morgan fingerprint density at radius 2 is 1.84 bits per heavy atom. The topological polar surface area (TPSA) is 53.6 Å². The average molecular weight is 345 g/mol. The number of benzene rings is 1. The van der Waals surface area contributed by atoms with E-state index >= 15 is 0 Å². The molecule has 2 heterocycles. The number of nitrogens with one attached hydrogen (secondary N) is 2. The maximum absolute atomic E-state index is 12.4. The molecule has 2 fully saturated rings. The van der Waals surface area contributed by atoms with E-state index in [-0.39, 0.29) is 18.2 Å². The number of amides is 2. The zero-order valence-corrected chi connectivity index (χ0v) is 15.2. The number of hydrogen-bond donors (Lipinski definition) is 2. The van der Waals surface area contributed by atoms with Crippen LogP contribution in [0.15, 0.2) is 30.3 Å². The standard InChI is InChI=1S/C20H31N3O2/c1-2-11-23-12-8-17(9-13-23)21-20(24)22-18-10-14-25-19(15-18)16-6-4-3-5-7-16/h3-7,17-19H,2,8-15H2,1H3,(H2,21,22,24)/t18-,19+/m0/s1. The summed E-state index contributed by atoms with van der Waals surface area (Å²) in [5, 5.41) is 6.32. The highest BCUT2D eigenvalue weighted by Crippen LogP contribution is 2.27. The van der Waals surface area contributed by atoms with Gasteiger partial charge in [0, 0.05) is 31.8 Å². The number of likely N-dealkylation sites (tertiary alicyclic amines) is 1. The van der Waals surface area contributed by atoms with E-state index in [0.29, 0.717) is 12.6 Å². The molecular weight excluding hydrogens is 314 g/mol. The minimum Gasteiger partial charge on any atom is -0.373 e. The molecule has 1 aromatic carbocycles. The summed E-state index contributed by atoms with van der Waals surface area (Å²) in [4.78, 5) is 14.8. The smallest absolute Gasteiger partial charge is 0.315 e. The van der Waals surface area contributed by atoms with Gasteiger partial charge in [-0.05, 0) is 44.2 Å². The first-order valence-corrected chi connectivity index (χ1v) is 9.70. The first kappa shape index (κ1) is 18.2. The Morgan fingerprint density at radius 3 is 2.56 bits per heavy atom. The second-order valence-electron chi connectivity index (χ2n) is 7.23. The molecule has 0 aromatic heterocycles. The van der Waals surface area contributed by atoms with Gasteiger partial charge in [-0.1, -0.05) is 37.3 Å². The third kappa shape index (κ3) is 5.44. The fourth-order valence-electron chi connectivity index (χ4n) is 3.86. The van der Waals surface area contributed by atoms with E-state index in [1.807, 2.05) is 18.2 Å². The monoisotopic (exact) mass is 345 g/mol. The Labute approximate surface area is 151 Å². The van der Waals surface area contributed by atoms with E-state index in [4.69, 9.17) is 4.74 Å². The molecule has 138 valence electrons. The summed E-state index contributed by atoms with van der Waals surface area (Å²) < 4.78 is 5.88. The number of nitrogens with zero attached hydrogens (tertiary/aromatic N) is 1.